The molecule has 1 aromatic carbocycles. The lowest BCUT2D eigenvalue weighted by molar-refractivity contribution is 0.0989. The minimum atomic E-state index is -0.111. The Morgan fingerprint density at radius 2 is 2.21 bits per heavy atom. The third-order valence-corrected chi connectivity index (χ3v) is 1.99. The van der Waals surface area contributed by atoms with E-state index in [0.717, 1.165) is 5.39 Å². The van der Waals surface area contributed by atoms with E-state index in [0.29, 0.717) is 16.9 Å². The first-order valence-corrected chi connectivity index (χ1v) is 4.15. The number of furan rings is 1. The predicted octanol–water partition coefficient (Wildman–Crippen LogP) is 2.51. The van der Waals surface area contributed by atoms with Gasteiger partial charge in [-0.15, -0.1) is 0 Å². The summed E-state index contributed by atoms with van der Waals surface area (Å²) in [6.45, 7) is 1.45. The number of rotatable bonds is 1. The molecule has 0 aliphatic heterocycles. The van der Waals surface area contributed by atoms with Gasteiger partial charge in [-0.3, -0.25) is 4.79 Å². The monoisotopic (exact) mass is 185 g/mol. The van der Waals surface area contributed by atoms with Crippen molar-refractivity contribution in [3.63, 3.8) is 0 Å². The summed E-state index contributed by atoms with van der Waals surface area (Å²) in [5, 5.41) is 9.45. The molecule has 0 fully saturated rings. The first-order valence-electron chi connectivity index (χ1n) is 4.15. The van der Waals surface area contributed by atoms with Crippen molar-refractivity contribution in [3.8, 4) is 6.07 Å². The molecule has 0 bridgehead atoms. The van der Waals surface area contributed by atoms with Crippen LogP contribution in [-0.4, -0.2) is 5.78 Å². The number of benzene rings is 1. The zero-order valence-electron chi connectivity index (χ0n) is 7.57. The van der Waals surface area contributed by atoms with Crippen LogP contribution in [-0.2, 0) is 0 Å². The second kappa shape index (κ2) is 3.00. The molecular formula is C11H7NO2. The van der Waals surface area contributed by atoms with Crippen LogP contribution >= 0.6 is 0 Å². The number of hydrogen-bond donors (Lipinski definition) is 0. The SMILES string of the molecule is CC(=O)c1cc2cc(C#N)ccc2o1. The molecule has 0 saturated carbocycles. The largest absolute Gasteiger partial charge is 0.453 e. The second-order valence-corrected chi connectivity index (χ2v) is 3.03. The molecule has 2 rings (SSSR count). The number of nitrogens with zero attached hydrogens (tertiary/aromatic N) is 1. The summed E-state index contributed by atoms with van der Waals surface area (Å²) in [6, 6.07) is 8.74. The Morgan fingerprint density at radius 1 is 1.43 bits per heavy atom. The number of fused-ring (bicyclic) bond motifs is 1. The second-order valence-electron chi connectivity index (χ2n) is 3.03. The van der Waals surface area contributed by atoms with Gasteiger partial charge < -0.3 is 4.42 Å². The molecule has 3 nitrogen and oxygen atoms in total. The van der Waals surface area contributed by atoms with Gasteiger partial charge in [0.05, 0.1) is 11.6 Å². The van der Waals surface area contributed by atoms with E-state index < -0.39 is 0 Å². The number of carbonyl (C=O) groups is 1. The third-order valence-electron chi connectivity index (χ3n) is 1.99. The number of nitriles is 1. The van der Waals surface area contributed by atoms with Gasteiger partial charge in [-0.25, -0.2) is 0 Å². The number of hydrogen-bond acceptors (Lipinski definition) is 3. The Bertz CT molecular complexity index is 546. The molecule has 0 saturated heterocycles. The maximum absolute atomic E-state index is 11.0. The molecule has 68 valence electrons. The van der Waals surface area contributed by atoms with Crippen molar-refractivity contribution in [1.29, 1.82) is 5.26 Å². The number of ketones is 1. The minimum absolute atomic E-state index is 0.111. The molecule has 0 radical (unpaired) electrons. The molecule has 1 aromatic heterocycles. The van der Waals surface area contributed by atoms with Gasteiger partial charge in [0.1, 0.15) is 5.58 Å². The fourth-order valence-corrected chi connectivity index (χ4v) is 1.29. The van der Waals surface area contributed by atoms with Crippen LogP contribution in [0.1, 0.15) is 23.0 Å². The molecule has 0 atom stereocenters. The van der Waals surface area contributed by atoms with Crippen LogP contribution in [0.2, 0.25) is 0 Å². The summed E-state index contributed by atoms with van der Waals surface area (Å²) >= 11 is 0. The average molecular weight is 185 g/mol. The van der Waals surface area contributed by atoms with Crippen LogP contribution in [0, 0.1) is 11.3 Å². The zero-order chi connectivity index (χ0) is 10.1. The molecule has 2 aromatic rings. The standard InChI is InChI=1S/C11H7NO2/c1-7(13)11-5-9-4-8(6-12)2-3-10(9)14-11/h2-5H,1H3. The Labute approximate surface area is 80.6 Å². The molecule has 0 spiro atoms. The van der Waals surface area contributed by atoms with E-state index in [2.05, 4.69) is 0 Å². The summed E-state index contributed by atoms with van der Waals surface area (Å²) in [6.07, 6.45) is 0. The van der Waals surface area contributed by atoms with E-state index in [1.165, 1.54) is 6.92 Å². The van der Waals surface area contributed by atoms with Crippen molar-refractivity contribution in [2.45, 2.75) is 6.92 Å². The van der Waals surface area contributed by atoms with E-state index >= 15 is 0 Å². The normalized spacial score (nSPS) is 10.0. The van der Waals surface area contributed by atoms with Crippen LogP contribution in [0.4, 0.5) is 0 Å². The molecule has 0 amide bonds. The van der Waals surface area contributed by atoms with Gasteiger partial charge in [0.25, 0.3) is 0 Å². The molecule has 14 heavy (non-hydrogen) atoms. The predicted molar refractivity (Wildman–Crippen MR) is 50.9 cm³/mol. The molecule has 0 N–H and O–H groups in total. The quantitative estimate of drug-likeness (QED) is 0.641. The van der Waals surface area contributed by atoms with Crippen LogP contribution < -0.4 is 0 Å². The summed E-state index contributed by atoms with van der Waals surface area (Å²) < 4.78 is 5.27. The Hall–Kier alpha value is -2.08. The molecule has 1 heterocycles. The molecule has 0 aliphatic carbocycles. The lowest BCUT2D eigenvalue weighted by Crippen LogP contribution is -1.85. The van der Waals surface area contributed by atoms with E-state index in [-0.39, 0.29) is 5.78 Å². The van der Waals surface area contributed by atoms with Gasteiger partial charge >= 0.3 is 0 Å². The summed E-state index contributed by atoms with van der Waals surface area (Å²) in [4.78, 5) is 11.0. The smallest absolute Gasteiger partial charge is 0.194 e. The Morgan fingerprint density at radius 3 is 2.86 bits per heavy atom. The summed E-state index contributed by atoms with van der Waals surface area (Å²) in [5.74, 6) is 0.217. The summed E-state index contributed by atoms with van der Waals surface area (Å²) in [7, 11) is 0. The topological polar surface area (TPSA) is 54.0 Å². The molecule has 0 aliphatic rings. The lowest BCUT2D eigenvalue weighted by Gasteiger charge is -1.87. The summed E-state index contributed by atoms with van der Waals surface area (Å²) in [5.41, 5.74) is 1.20. The van der Waals surface area contributed by atoms with Gasteiger partial charge in [-0.2, -0.15) is 5.26 Å². The van der Waals surface area contributed by atoms with E-state index in [1.807, 2.05) is 6.07 Å². The Balaban J connectivity index is 2.67. The molecule has 3 heteroatoms. The van der Waals surface area contributed by atoms with E-state index in [1.54, 1.807) is 24.3 Å². The lowest BCUT2D eigenvalue weighted by atomic mass is 10.2. The van der Waals surface area contributed by atoms with Gasteiger partial charge in [0.15, 0.2) is 11.5 Å². The fourth-order valence-electron chi connectivity index (χ4n) is 1.29. The highest BCUT2D eigenvalue weighted by atomic mass is 16.3. The van der Waals surface area contributed by atoms with Gasteiger partial charge in [0.2, 0.25) is 0 Å². The van der Waals surface area contributed by atoms with Crippen molar-refractivity contribution < 1.29 is 9.21 Å². The maximum atomic E-state index is 11.0. The van der Waals surface area contributed by atoms with Crippen molar-refractivity contribution in [3.05, 3.63) is 35.6 Å². The van der Waals surface area contributed by atoms with Crippen molar-refractivity contribution >= 4 is 16.8 Å². The van der Waals surface area contributed by atoms with E-state index in [9.17, 15) is 4.79 Å². The van der Waals surface area contributed by atoms with Crippen LogP contribution in [0.25, 0.3) is 11.0 Å². The zero-order valence-corrected chi connectivity index (χ0v) is 7.57. The highest BCUT2D eigenvalue weighted by Gasteiger charge is 2.07. The van der Waals surface area contributed by atoms with Crippen molar-refractivity contribution in [2.24, 2.45) is 0 Å². The minimum Gasteiger partial charge on any atom is -0.453 e. The van der Waals surface area contributed by atoms with Crippen LogP contribution in [0.15, 0.2) is 28.7 Å². The first-order chi connectivity index (χ1) is 6.70. The van der Waals surface area contributed by atoms with Gasteiger partial charge in [0, 0.05) is 12.3 Å². The molecular weight excluding hydrogens is 178 g/mol. The highest BCUT2D eigenvalue weighted by molar-refractivity contribution is 5.96. The fraction of sp³-hybridized carbons (Fsp3) is 0.0909. The third kappa shape index (κ3) is 1.27. The van der Waals surface area contributed by atoms with Crippen molar-refractivity contribution in [1.82, 2.24) is 0 Å². The van der Waals surface area contributed by atoms with Crippen molar-refractivity contribution in [2.75, 3.05) is 0 Å². The van der Waals surface area contributed by atoms with E-state index in [4.69, 9.17) is 9.68 Å². The van der Waals surface area contributed by atoms with Crippen LogP contribution in [0.5, 0.6) is 0 Å². The van der Waals surface area contributed by atoms with Gasteiger partial charge in [-0.05, 0) is 24.3 Å². The maximum Gasteiger partial charge on any atom is 0.194 e. The molecule has 0 unspecified atom stereocenters. The average Bonchev–Trinajstić information content (AvgIpc) is 2.59. The highest BCUT2D eigenvalue weighted by Crippen LogP contribution is 2.20. The van der Waals surface area contributed by atoms with Crippen LogP contribution in [0.3, 0.4) is 0 Å². The first kappa shape index (κ1) is 8.52. The van der Waals surface area contributed by atoms with Gasteiger partial charge in [-0.1, -0.05) is 0 Å². The Kier molecular flexibility index (Phi) is 1.83. The number of Topliss-reactive ketones (excluding diaryl/α,β-unsaturated/α-hetero) is 1. The number of carbonyl (C=O) groups excluding carboxylic acids is 1.